The fraction of sp³-hybridized carbons (Fsp3) is 0.467. The number of aliphatic hydroxyl groups is 1. The van der Waals surface area contributed by atoms with Gasteiger partial charge in [0.1, 0.15) is 12.4 Å². The first-order valence-electron chi connectivity index (χ1n) is 6.24. The third kappa shape index (κ3) is 5.75. The number of rotatable bonds is 7. The minimum Gasteiger partial charge on any atom is -0.495 e. The second-order valence-electron chi connectivity index (χ2n) is 3.74. The zero-order valence-electron chi connectivity index (χ0n) is 11.4. The van der Waals surface area contributed by atoms with E-state index in [4.69, 9.17) is 19.3 Å². The smallest absolute Gasteiger partial charge is 0.134 e. The number of methoxy groups -OCH3 is 1. The molecule has 0 unspecified atom stereocenters. The lowest BCUT2D eigenvalue weighted by Gasteiger charge is -2.08. The minimum absolute atomic E-state index is 0.168. The summed E-state index contributed by atoms with van der Waals surface area (Å²) in [7, 11) is 1.59. The Morgan fingerprint density at radius 3 is 2.68 bits per heavy atom. The Morgan fingerprint density at radius 1 is 1.21 bits per heavy atom. The van der Waals surface area contributed by atoms with Crippen LogP contribution in [-0.4, -0.2) is 38.6 Å². The molecule has 19 heavy (non-hydrogen) atoms. The highest BCUT2D eigenvalue weighted by atomic mass is 16.5. The van der Waals surface area contributed by atoms with Crippen molar-refractivity contribution in [3.05, 3.63) is 29.3 Å². The second-order valence-corrected chi connectivity index (χ2v) is 3.74. The number of hydrogen-bond donors (Lipinski definition) is 1. The Labute approximate surface area is 114 Å². The van der Waals surface area contributed by atoms with E-state index < -0.39 is 0 Å². The second kappa shape index (κ2) is 9.40. The summed E-state index contributed by atoms with van der Waals surface area (Å²) in [6, 6.07) is 5.69. The first-order chi connectivity index (χ1) is 9.31. The van der Waals surface area contributed by atoms with E-state index in [1.54, 1.807) is 7.11 Å². The van der Waals surface area contributed by atoms with E-state index >= 15 is 0 Å². The highest BCUT2D eigenvalue weighted by Gasteiger charge is 2.02. The van der Waals surface area contributed by atoms with Crippen molar-refractivity contribution in [2.75, 3.05) is 33.5 Å². The molecule has 0 fully saturated rings. The van der Waals surface area contributed by atoms with Crippen molar-refractivity contribution in [3.8, 4) is 17.6 Å². The van der Waals surface area contributed by atoms with Gasteiger partial charge in [-0.15, -0.1) is 0 Å². The predicted molar refractivity (Wildman–Crippen MR) is 73.1 cm³/mol. The molecule has 1 rings (SSSR count). The zero-order chi connectivity index (χ0) is 13.9. The van der Waals surface area contributed by atoms with Gasteiger partial charge in [0, 0.05) is 6.61 Å². The number of aliphatic hydroxyl groups excluding tert-OH is 1. The van der Waals surface area contributed by atoms with E-state index in [0.717, 1.165) is 11.1 Å². The van der Waals surface area contributed by atoms with Crippen LogP contribution in [0.2, 0.25) is 0 Å². The van der Waals surface area contributed by atoms with Crippen molar-refractivity contribution < 1.29 is 19.3 Å². The lowest BCUT2D eigenvalue weighted by atomic mass is 10.1. The molecule has 0 amide bonds. The van der Waals surface area contributed by atoms with E-state index in [2.05, 4.69) is 11.8 Å². The van der Waals surface area contributed by atoms with E-state index in [0.29, 0.717) is 32.2 Å². The Balaban J connectivity index is 2.59. The van der Waals surface area contributed by atoms with Crippen LogP contribution in [0.25, 0.3) is 0 Å². The molecule has 0 aliphatic carbocycles. The summed E-state index contributed by atoms with van der Waals surface area (Å²) in [4.78, 5) is 0. The monoisotopic (exact) mass is 264 g/mol. The Kier molecular flexibility index (Phi) is 7.68. The molecule has 0 atom stereocenters. The number of hydrogen-bond acceptors (Lipinski definition) is 4. The molecule has 1 aromatic rings. The third-order valence-corrected chi connectivity index (χ3v) is 2.41. The molecule has 0 spiro atoms. The fourth-order valence-electron chi connectivity index (χ4n) is 1.53. The van der Waals surface area contributed by atoms with Gasteiger partial charge in [0.05, 0.1) is 32.5 Å². The maximum atomic E-state index is 8.73. The molecule has 0 heterocycles. The standard InChI is InChI=1S/C15H20O4/c1-3-18-9-10-19-12-13-6-7-15(17-2)14(11-13)5-4-8-16/h6-7,11,16H,3,8-10,12H2,1-2H3. The molecule has 4 nitrogen and oxygen atoms in total. The lowest BCUT2D eigenvalue weighted by Crippen LogP contribution is -2.04. The van der Waals surface area contributed by atoms with Crippen molar-refractivity contribution in [2.24, 2.45) is 0 Å². The first kappa shape index (κ1) is 15.5. The predicted octanol–water partition coefficient (Wildman–Crippen LogP) is 1.59. The normalized spacial score (nSPS) is 9.84. The summed E-state index contributed by atoms with van der Waals surface area (Å²) >= 11 is 0. The SMILES string of the molecule is CCOCCOCc1ccc(OC)c(C#CCO)c1. The van der Waals surface area contributed by atoms with Gasteiger partial charge in [-0.2, -0.15) is 0 Å². The molecule has 104 valence electrons. The minimum atomic E-state index is -0.168. The molecular weight excluding hydrogens is 244 g/mol. The molecule has 1 aromatic carbocycles. The summed E-state index contributed by atoms with van der Waals surface area (Å²) in [6.45, 7) is 4.16. The van der Waals surface area contributed by atoms with Crippen LogP contribution in [0, 0.1) is 11.8 Å². The maximum Gasteiger partial charge on any atom is 0.134 e. The topological polar surface area (TPSA) is 47.9 Å². The zero-order valence-corrected chi connectivity index (χ0v) is 11.4. The molecule has 4 heteroatoms. The van der Waals surface area contributed by atoms with Crippen LogP contribution in [0.1, 0.15) is 18.1 Å². The van der Waals surface area contributed by atoms with Crippen LogP contribution in [0.5, 0.6) is 5.75 Å². The third-order valence-electron chi connectivity index (χ3n) is 2.41. The number of ether oxygens (including phenoxy) is 3. The molecule has 0 aliphatic rings. The van der Waals surface area contributed by atoms with Crippen LogP contribution in [0.3, 0.4) is 0 Å². The average Bonchev–Trinajstić information content (AvgIpc) is 2.45. The Bertz CT molecular complexity index is 432. The summed E-state index contributed by atoms with van der Waals surface area (Å²) < 4.78 is 15.9. The molecule has 1 N–H and O–H groups in total. The largest absolute Gasteiger partial charge is 0.495 e. The maximum absolute atomic E-state index is 8.73. The average molecular weight is 264 g/mol. The molecule has 0 aromatic heterocycles. The molecule has 0 radical (unpaired) electrons. The summed E-state index contributed by atoms with van der Waals surface area (Å²) in [6.07, 6.45) is 0. The van der Waals surface area contributed by atoms with Gasteiger partial charge in [-0.1, -0.05) is 17.9 Å². The quantitative estimate of drug-likeness (QED) is 0.600. The van der Waals surface area contributed by atoms with E-state index in [1.165, 1.54) is 0 Å². The molecular formula is C15H20O4. The van der Waals surface area contributed by atoms with Crippen LogP contribution in [0.4, 0.5) is 0 Å². The lowest BCUT2D eigenvalue weighted by molar-refractivity contribution is 0.0453. The van der Waals surface area contributed by atoms with Gasteiger partial charge in [0.25, 0.3) is 0 Å². The summed E-state index contributed by atoms with van der Waals surface area (Å²) in [5, 5.41) is 8.73. The highest BCUT2D eigenvalue weighted by Crippen LogP contribution is 2.19. The Morgan fingerprint density at radius 2 is 2.00 bits per heavy atom. The van der Waals surface area contributed by atoms with E-state index in [-0.39, 0.29) is 6.61 Å². The molecule has 0 bridgehead atoms. The van der Waals surface area contributed by atoms with Gasteiger partial charge in [0.15, 0.2) is 0 Å². The van der Waals surface area contributed by atoms with Gasteiger partial charge in [-0.3, -0.25) is 0 Å². The van der Waals surface area contributed by atoms with Crippen molar-refractivity contribution in [1.82, 2.24) is 0 Å². The van der Waals surface area contributed by atoms with Crippen molar-refractivity contribution in [3.63, 3.8) is 0 Å². The molecule has 0 saturated carbocycles. The van der Waals surface area contributed by atoms with Gasteiger partial charge in [-0.25, -0.2) is 0 Å². The summed E-state index contributed by atoms with van der Waals surface area (Å²) in [5.74, 6) is 6.17. The van der Waals surface area contributed by atoms with Crippen molar-refractivity contribution >= 4 is 0 Å². The van der Waals surface area contributed by atoms with Crippen LogP contribution >= 0.6 is 0 Å². The van der Waals surface area contributed by atoms with Gasteiger partial charge in [-0.05, 0) is 24.6 Å². The van der Waals surface area contributed by atoms with Crippen LogP contribution in [0.15, 0.2) is 18.2 Å². The molecule has 0 saturated heterocycles. The van der Waals surface area contributed by atoms with E-state index in [9.17, 15) is 0 Å². The number of benzene rings is 1. The van der Waals surface area contributed by atoms with Crippen molar-refractivity contribution in [2.45, 2.75) is 13.5 Å². The van der Waals surface area contributed by atoms with Gasteiger partial charge < -0.3 is 19.3 Å². The summed E-state index contributed by atoms with van der Waals surface area (Å²) in [5.41, 5.74) is 1.77. The van der Waals surface area contributed by atoms with Crippen LogP contribution in [-0.2, 0) is 16.1 Å². The Hall–Kier alpha value is -1.54. The van der Waals surface area contributed by atoms with Gasteiger partial charge in [0.2, 0.25) is 0 Å². The van der Waals surface area contributed by atoms with Gasteiger partial charge >= 0.3 is 0 Å². The highest BCUT2D eigenvalue weighted by molar-refractivity contribution is 5.48. The van der Waals surface area contributed by atoms with Crippen molar-refractivity contribution in [1.29, 1.82) is 0 Å². The fourth-order valence-corrected chi connectivity index (χ4v) is 1.53. The molecule has 0 aliphatic heterocycles. The first-order valence-corrected chi connectivity index (χ1v) is 6.24. The van der Waals surface area contributed by atoms with Crippen LogP contribution < -0.4 is 4.74 Å². The van der Waals surface area contributed by atoms with E-state index in [1.807, 2.05) is 25.1 Å².